The first kappa shape index (κ1) is 15.7. The normalized spacial score (nSPS) is 13.5. The number of carbonyl (C=O) groups excluding carboxylic acids is 1. The zero-order chi connectivity index (χ0) is 17.2. The van der Waals surface area contributed by atoms with Crippen LogP contribution in [-0.4, -0.2) is 25.8 Å². The highest BCUT2D eigenvalue weighted by Gasteiger charge is 2.30. The van der Waals surface area contributed by atoms with E-state index in [9.17, 15) is 4.79 Å². The summed E-state index contributed by atoms with van der Waals surface area (Å²) in [4.78, 5) is 29.3. The number of nitrogens with zero attached hydrogens (tertiary/aromatic N) is 4. The number of halogens is 1. The molecule has 1 amide bonds. The topological polar surface area (TPSA) is 80.7 Å². The van der Waals surface area contributed by atoms with Crippen molar-refractivity contribution in [1.82, 2.24) is 19.9 Å². The van der Waals surface area contributed by atoms with Gasteiger partial charge in [-0.05, 0) is 31.0 Å². The summed E-state index contributed by atoms with van der Waals surface area (Å²) in [5.74, 6) is 0.503. The second kappa shape index (κ2) is 6.57. The third kappa shape index (κ3) is 3.34. The minimum Gasteiger partial charge on any atom is -0.309 e. The molecule has 4 rings (SSSR count). The van der Waals surface area contributed by atoms with Crippen molar-refractivity contribution in [3.8, 4) is 22.5 Å². The standard InChI is InChI=1S/C18H14ClN5O/c19-14-9-21-7-5-13(14)17-16(12-2-1-6-20-8-12)23-15(10-22-17)24-18(25)11-3-4-11/h1-2,5-11H,3-4H2,(H,23,24,25). The number of amides is 1. The molecule has 1 aliphatic carbocycles. The van der Waals surface area contributed by atoms with Gasteiger partial charge in [0, 0.05) is 41.8 Å². The first-order valence-corrected chi connectivity index (χ1v) is 8.28. The zero-order valence-electron chi connectivity index (χ0n) is 13.2. The number of nitrogens with one attached hydrogen (secondary N) is 1. The molecule has 124 valence electrons. The van der Waals surface area contributed by atoms with Gasteiger partial charge in [0.05, 0.1) is 16.9 Å². The van der Waals surface area contributed by atoms with Gasteiger partial charge in [0.2, 0.25) is 5.91 Å². The van der Waals surface area contributed by atoms with E-state index >= 15 is 0 Å². The first-order valence-electron chi connectivity index (χ1n) is 7.90. The van der Waals surface area contributed by atoms with Crippen molar-refractivity contribution >= 4 is 23.3 Å². The van der Waals surface area contributed by atoms with E-state index in [2.05, 4.69) is 25.3 Å². The molecule has 1 aliphatic rings. The van der Waals surface area contributed by atoms with Crippen molar-refractivity contribution in [2.45, 2.75) is 12.8 Å². The summed E-state index contributed by atoms with van der Waals surface area (Å²) in [6.07, 6.45) is 10.0. The van der Waals surface area contributed by atoms with Gasteiger partial charge in [-0.2, -0.15) is 0 Å². The lowest BCUT2D eigenvalue weighted by Crippen LogP contribution is -2.15. The molecule has 0 unspecified atom stereocenters. The SMILES string of the molecule is O=C(Nc1cnc(-c2ccncc2Cl)c(-c2cccnc2)n1)C1CC1. The van der Waals surface area contributed by atoms with Gasteiger partial charge in [-0.25, -0.2) is 4.98 Å². The highest BCUT2D eigenvalue weighted by Crippen LogP contribution is 2.34. The maximum atomic E-state index is 12.0. The Morgan fingerprint density at radius 1 is 1.08 bits per heavy atom. The van der Waals surface area contributed by atoms with Crippen LogP contribution in [0.3, 0.4) is 0 Å². The summed E-state index contributed by atoms with van der Waals surface area (Å²) >= 11 is 6.28. The summed E-state index contributed by atoms with van der Waals surface area (Å²) in [6, 6.07) is 5.50. The molecule has 3 aromatic heterocycles. The Kier molecular flexibility index (Phi) is 4.11. The Bertz CT molecular complexity index is 928. The molecule has 3 heterocycles. The van der Waals surface area contributed by atoms with E-state index in [1.54, 1.807) is 37.1 Å². The van der Waals surface area contributed by atoms with Crippen LogP contribution in [0.5, 0.6) is 0 Å². The molecule has 0 spiro atoms. The monoisotopic (exact) mass is 351 g/mol. The summed E-state index contributed by atoms with van der Waals surface area (Å²) in [7, 11) is 0. The molecular formula is C18H14ClN5O. The van der Waals surface area contributed by atoms with E-state index in [0.717, 1.165) is 24.0 Å². The van der Waals surface area contributed by atoms with Gasteiger partial charge in [0.1, 0.15) is 5.69 Å². The first-order chi connectivity index (χ1) is 12.2. The number of anilines is 1. The maximum Gasteiger partial charge on any atom is 0.228 e. The van der Waals surface area contributed by atoms with Gasteiger partial charge in [-0.1, -0.05) is 11.6 Å². The Morgan fingerprint density at radius 2 is 1.92 bits per heavy atom. The Labute approximate surface area is 149 Å². The van der Waals surface area contributed by atoms with E-state index in [4.69, 9.17) is 11.6 Å². The average molecular weight is 352 g/mol. The lowest BCUT2D eigenvalue weighted by atomic mass is 10.1. The molecule has 0 atom stereocenters. The van der Waals surface area contributed by atoms with E-state index in [-0.39, 0.29) is 11.8 Å². The smallest absolute Gasteiger partial charge is 0.228 e. The van der Waals surface area contributed by atoms with Gasteiger partial charge < -0.3 is 5.32 Å². The predicted molar refractivity (Wildman–Crippen MR) is 94.9 cm³/mol. The van der Waals surface area contributed by atoms with Crippen LogP contribution in [0.4, 0.5) is 5.82 Å². The number of carbonyl (C=O) groups is 1. The quantitative estimate of drug-likeness (QED) is 0.776. The van der Waals surface area contributed by atoms with Crippen molar-refractivity contribution < 1.29 is 4.79 Å². The van der Waals surface area contributed by atoms with Crippen molar-refractivity contribution in [2.75, 3.05) is 5.32 Å². The van der Waals surface area contributed by atoms with E-state index < -0.39 is 0 Å². The van der Waals surface area contributed by atoms with Crippen molar-refractivity contribution in [3.05, 3.63) is 54.2 Å². The number of rotatable bonds is 4. The lowest BCUT2D eigenvalue weighted by molar-refractivity contribution is -0.117. The van der Waals surface area contributed by atoms with Crippen LogP contribution in [0, 0.1) is 5.92 Å². The third-order valence-corrected chi connectivity index (χ3v) is 4.24. The molecule has 6 nitrogen and oxygen atoms in total. The number of pyridine rings is 2. The highest BCUT2D eigenvalue weighted by molar-refractivity contribution is 6.33. The van der Waals surface area contributed by atoms with Crippen LogP contribution in [0.15, 0.2) is 49.2 Å². The molecule has 1 fully saturated rings. The highest BCUT2D eigenvalue weighted by atomic mass is 35.5. The Balaban J connectivity index is 1.80. The summed E-state index contributed by atoms with van der Waals surface area (Å²) in [5.41, 5.74) is 2.74. The number of aromatic nitrogens is 4. The minimum atomic E-state index is -0.0128. The van der Waals surface area contributed by atoms with Crippen LogP contribution in [0.25, 0.3) is 22.5 Å². The molecular weight excluding hydrogens is 338 g/mol. The molecule has 0 radical (unpaired) electrons. The lowest BCUT2D eigenvalue weighted by Gasteiger charge is -2.11. The molecule has 0 aromatic carbocycles. The fraction of sp³-hybridized carbons (Fsp3) is 0.167. The molecule has 1 saturated carbocycles. The average Bonchev–Trinajstić information content (AvgIpc) is 3.48. The van der Waals surface area contributed by atoms with E-state index in [1.165, 1.54) is 0 Å². The Hall–Kier alpha value is -2.86. The molecule has 0 aliphatic heterocycles. The van der Waals surface area contributed by atoms with Gasteiger partial charge in [-0.15, -0.1) is 0 Å². The van der Waals surface area contributed by atoms with Gasteiger partial charge in [0.25, 0.3) is 0 Å². The van der Waals surface area contributed by atoms with Gasteiger partial charge in [0.15, 0.2) is 5.82 Å². The second-order valence-corrected chi connectivity index (χ2v) is 6.22. The van der Waals surface area contributed by atoms with Gasteiger partial charge in [-0.3, -0.25) is 19.7 Å². The minimum absolute atomic E-state index is 0.0128. The molecule has 7 heteroatoms. The fourth-order valence-corrected chi connectivity index (χ4v) is 2.70. The molecule has 0 bridgehead atoms. The van der Waals surface area contributed by atoms with E-state index in [1.807, 2.05) is 12.1 Å². The largest absolute Gasteiger partial charge is 0.309 e. The van der Waals surface area contributed by atoms with Crippen molar-refractivity contribution in [2.24, 2.45) is 5.92 Å². The van der Waals surface area contributed by atoms with Crippen LogP contribution in [0.1, 0.15) is 12.8 Å². The fourth-order valence-electron chi connectivity index (χ4n) is 2.49. The second-order valence-electron chi connectivity index (χ2n) is 5.81. The van der Waals surface area contributed by atoms with Crippen molar-refractivity contribution in [1.29, 1.82) is 0 Å². The number of hydrogen-bond acceptors (Lipinski definition) is 5. The third-order valence-electron chi connectivity index (χ3n) is 3.93. The van der Waals surface area contributed by atoms with Crippen LogP contribution in [-0.2, 0) is 4.79 Å². The molecule has 0 saturated heterocycles. The molecule has 3 aromatic rings. The van der Waals surface area contributed by atoms with Crippen molar-refractivity contribution in [3.63, 3.8) is 0 Å². The zero-order valence-corrected chi connectivity index (χ0v) is 13.9. The van der Waals surface area contributed by atoms with Gasteiger partial charge >= 0.3 is 0 Å². The Morgan fingerprint density at radius 3 is 2.64 bits per heavy atom. The van der Waals surface area contributed by atoms with Crippen LogP contribution in [0.2, 0.25) is 5.02 Å². The summed E-state index contributed by atoms with van der Waals surface area (Å²) in [6.45, 7) is 0. The number of hydrogen-bond donors (Lipinski definition) is 1. The van der Waals surface area contributed by atoms with Crippen LogP contribution < -0.4 is 5.32 Å². The maximum absolute atomic E-state index is 12.0. The summed E-state index contributed by atoms with van der Waals surface area (Å²) in [5, 5.41) is 3.31. The summed E-state index contributed by atoms with van der Waals surface area (Å²) < 4.78 is 0. The van der Waals surface area contributed by atoms with E-state index in [0.29, 0.717) is 22.2 Å². The molecule has 1 N–H and O–H groups in total. The predicted octanol–water partition coefficient (Wildman–Crippen LogP) is 3.60. The van der Waals surface area contributed by atoms with Crippen LogP contribution >= 0.6 is 11.6 Å². The molecule has 25 heavy (non-hydrogen) atoms.